The number of thioether (sulfide) groups is 1. The summed E-state index contributed by atoms with van der Waals surface area (Å²) in [5.74, 6) is 2.11. The van der Waals surface area contributed by atoms with Crippen molar-refractivity contribution in [2.45, 2.75) is 13.0 Å². The van der Waals surface area contributed by atoms with Gasteiger partial charge in [-0.3, -0.25) is 0 Å². The summed E-state index contributed by atoms with van der Waals surface area (Å²) in [5, 5.41) is 4.76. The fraction of sp³-hybridized carbons (Fsp3) is 0.455. The van der Waals surface area contributed by atoms with E-state index >= 15 is 0 Å². The molecule has 0 radical (unpaired) electrons. The molecule has 0 aliphatic carbocycles. The Hall–Kier alpha value is 0.110. The molecule has 0 aliphatic heterocycles. The third kappa shape index (κ3) is 3.87. The summed E-state index contributed by atoms with van der Waals surface area (Å²) < 4.78 is 0. The average Bonchev–Trinajstić information content (AvgIpc) is 2.24. The van der Waals surface area contributed by atoms with E-state index in [9.17, 15) is 0 Å². The first-order valence-corrected chi connectivity index (χ1v) is 6.80. The van der Waals surface area contributed by atoms with Crippen molar-refractivity contribution in [2.75, 3.05) is 18.6 Å². The molecule has 0 amide bonds. The minimum atomic E-state index is 0.265. The Bertz CT molecular complexity index is 317. The Morgan fingerprint density at radius 3 is 2.73 bits per heavy atom. The summed E-state index contributed by atoms with van der Waals surface area (Å²) in [6, 6.07) is 5.86. The molecule has 1 aromatic rings. The van der Waals surface area contributed by atoms with Gasteiger partial charge in [0.25, 0.3) is 0 Å². The predicted octanol–water partition coefficient (Wildman–Crippen LogP) is 4.01. The molecular weight excluding hydrogens is 249 g/mol. The number of hydrogen-bond acceptors (Lipinski definition) is 2. The van der Waals surface area contributed by atoms with Gasteiger partial charge in [-0.05, 0) is 36.6 Å². The van der Waals surface area contributed by atoms with Crippen LogP contribution in [0.3, 0.4) is 0 Å². The Labute approximate surface area is 106 Å². The van der Waals surface area contributed by atoms with E-state index in [2.05, 4.69) is 12.2 Å². The van der Waals surface area contributed by atoms with Crippen LogP contribution in [0.1, 0.15) is 18.5 Å². The van der Waals surface area contributed by atoms with Gasteiger partial charge in [0.1, 0.15) is 0 Å². The van der Waals surface area contributed by atoms with Crippen molar-refractivity contribution in [1.29, 1.82) is 0 Å². The van der Waals surface area contributed by atoms with E-state index in [-0.39, 0.29) is 6.04 Å². The molecule has 0 heterocycles. The van der Waals surface area contributed by atoms with Gasteiger partial charge in [-0.1, -0.05) is 30.1 Å². The minimum Gasteiger partial charge on any atom is -0.312 e. The van der Waals surface area contributed by atoms with Gasteiger partial charge in [0, 0.05) is 21.8 Å². The van der Waals surface area contributed by atoms with Crippen LogP contribution in [-0.4, -0.2) is 18.6 Å². The van der Waals surface area contributed by atoms with Crippen molar-refractivity contribution < 1.29 is 0 Å². The molecule has 15 heavy (non-hydrogen) atoms. The highest BCUT2D eigenvalue weighted by Gasteiger charge is 2.12. The lowest BCUT2D eigenvalue weighted by molar-refractivity contribution is 0.662. The van der Waals surface area contributed by atoms with Crippen LogP contribution in [0.4, 0.5) is 0 Å². The van der Waals surface area contributed by atoms with Crippen LogP contribution in [-0.2, 0) is 0 Å². The number of rotatable bonds is 5. The lowest BCUT2D eigenvalue weighted by atomic mass is 10.1. The molecule has 1 unspecified atom stereocenters. The molecule has 1 atom stereocenters. The maximum absolute atomic E-state index is 6.14. The summed E-state index contributed by atoms with van der Waals surface area (Å²) >= 11 is 14.0. The molecule has 0 spiro atoms. The molecule has 1 aromatic carbocycles. The van der Waals surface area contributed by atoms with Crippen molar-refractivity contribution in [2.24, 2.45) is 0 Å². The van der Waals surface area contributed by atoms with Crippen molar-refractivity contribution in [3.8, 4) is 0 Å². The normalized spacial score (nSPS) is 12.8. The molecule has 0 saturated heterocycles. The monoisotopic (exact) mass is 263 g/mol. The molecule has 1 rings (SSSR count). The first-order chi connectivity index (χ1) is 7.19. The van der Waals surface area contributed by atoms with Crippen LogP contribution in [0, 0.1) is 0 Å². The fourth-order valence-corrected chi connectivity index (χ4v) is 2.59. The lowest BCUT2D eigenvalue weighted by Crippen LogP contribution is -2.19. The summed E-state index contributed by atoms with van der Waals surface area (Å²) in [7, 11) is 1.94. The first kappa shape index (κ1) is 13.2. The van der Waals surface area contributed by atoms with Crippen LogP contribution >= 0.6 is 35.0 Å². The number of nitrogens with one attached hydrogen (secondary N) is 1. The number of hydrogen-bond donors (Lipinski definition) is 1. The van der Waals surface area contributed by atoms with E-state index in [0.29, 0.717) is 0 Å². The van der Waals surface area contributed by atoms with Crippen LogP contribution in [0.2, 0.25) is 10.0 Å². The molecule has 0 aromatic heterocycles. The molecule has 1 N–H and O–H groups in total. The zero-order valence-corrected chi connectivity index (χ0v) is 11.2. The summed E-state index contributed by atoms with van der Waals surface area (Å²) in [4.78, 5) is 0. The standard InChI is InChI=1S/C11H15Cl2NS/c1-3-15-7-11(14-2)9-6-8(12)4-5-10(9)13/h4-6,11,14H,3,7H2,1-2H3. The highest BCUT2D eigenvalue weighted by Crippen LogP contribution is 2.28. The quantitative estimate of drug-likeness (QED) is 0.862. The van der Waals surface area contributed by atoms with Gasteiger partial charge in [-0.25, -0.2) is 0 Å². The highest BCUT2D eigenvalue weighted by molar-refractivity contribution is 7.99. The number of benzene rings is 1. The van der Waals surface area contributed by atoms with Crippen LogP contribution < -0.4 is 5.32 Å². The van der Waals surface area contributed by atoms with Crippen LogP contribution in [0.15, 0.2) is 18.2 Å². The second-order valence-electron chi connectivity index (χ2n) is 3.17. The topological polar surface area (TPSA) is 12.0 Å². The van der Waals surface area contributed by atoms with Crippen molar-refractivity contribution >= 4 is 35.0 Å². The molecule has 1 nitrogen and oxygen atoms in total. The first-order valence-electron chi connectivity index (χ1n) is 4.89. The fourth-order valence-electron chi connectivity index (χ4n) is 1.35. The zero-order valence-electron chi connectivity index (χ0n) is 8.89. The molecule has 4 heteroatoms. The predicted molar refractivity (Wildman–Crippen MR) is 71.3 cm³/mol. The molecule has 0 bridgehead atoms. The lowest BCUT2D eigenvalue weighted by Gasteiger charge is -2.17. The maximum Gasteiger partial charge on any atom is 0.0455 e. The van der Waals surface area contributed by atoms with Gasteiger partial charge < -0.3 is 5.32 Å². The molecule has 0 fully saturated rings. The summed E-state index contributed by atoms with van der Waals surface area (Å²) in [6.07, 6.45) is 0. The van der Waals surface area contributed by atoms with Crippen molar-refractivity contribution in [1.82, 2.24) is 5.32 Å². The second-order valence-corrected chi connectivity index (χ2v) is 5.33. The van der Waals surface area contributed by atoms with Crippen molar-refractivity contribution in [3.63, 3.8) is 0 Å². The second kappa shape index (κ2) is 6.64. The van der Waals surface area contributed by atoms with E-state index in [1.807, 2.05) is 37.0 Å². The Kier molecular flexibility index (Phi) is 5.83. The Morgan fingerprint density at radius 1 is 1.40 bits per heavy atom. The van der Waals surface area contributed by atoms with Crippen LogP contribution in [0.5, 0.6) is 0 Å². The van der Waals surface area contributed by atoms with E-state index in [1.165, 1.54) is 0 Å². The third-order valence-corrected chi connectivity index (χ3v) is 3.73. The van der Waals surface area contributed by atoms with Gasteiger partial charge in [0.2, 0.25) is 0 Å². The van der Waals surface area contributed by atoms with E-state index < -0.39 is 0 Å². The Balaban J connectivity index is 2.85. The smallest absolute Gasteiger partial charge is 0.0455 e. The van der Waals surface area contributed by atoms with Gasteiger partial charge in [0.05, 0.1) is 0 Å². The highest BCUT2D eigenvalue weighted by atomic mass is 35.5. The van der Waals surface area contributed by atoms with E-state index in [4.69, 9.17) is 23.2 Å². The van der Waals surface area contributed by atoms with E-state index in [1.54, 1.807) is 0 Å². The molecule has 0 aliphatic rings. The third-order valence-electron chi connectivity index (χ3n) is 2.17. The number of halogens is 2. The van der Waals surface area contributed by atoms with Crippen LogP contribution in [0.25, 0.3) is 0 Å². The van der Waals surface area contributed by atoms with Crippen molar-refractivity contribution in [3.05, 3.63) is 33.8 Å². The minimum absolute atomic E-state index is 0.265. The molecular formula is C11H15Cl2NS. The largest absolute Gasteiger partial charge is 0.312 e. The Morgan fingerprint density at radius 2 is 2.13 bits per heavy atom. The SMILES string of the molecule is CCSCC(NC)c1cc(Cl)ccc1Cl. The van der Waals surface area contributed by atoms with Gasteiger partial charge in [-0.2, -0.15) is 11.8 Å². The zero-order chi connectivity index (χ0) is 11.3. The maximum atomic E-state index is 6.14. The summed E-state index contributed by atoms with van der Waals surface area (Å²) in [6.45, 7) is 2.15. The van der Waals surface area contributed by atoms with Gasteiger partial charge in [0.15, 0.2) is 0 Å². The average molecular weight is 264 g/mol. The van der Waals surface area contributed by atoms with Gasteiger partial charge >= 0.3 is 0 Å². The van der Waals surface area contributed by atoms with E-state index in [0.717, 1.165) is 27.1 Å². The summed E-state index contributed by atoms with van der Waals surface area (Å²) in [5.41, 5.74) is 1.08. The van der Waals surface area contributed by atoms with Gasteiger partial charge in [-0.15, -0.1) is 0 Å². The molecule has 0 saturated carbocycles. The molecule has 84 valence electrons.